The third-order valence-electron chi connectivity index (χ3n) is 7.25. The van der Waals surface area contributed by atoms with Crippen LogP contribution in [-0.4, -0.2) is 38.7 Å². The van der Waals surface area contributed by atoms with Gasteiger partial charge in [-0.2, -0.15) is 0 Å². The van der Waals surface area contributed by atoms with Crippen LogP contribution in [0.3, 0.4) is 0 Å². The molecule has 2 saturated carbocycles. The standard InChI is InChI=1S/C20H30N4O/c25-20(18-15-6-3-4-7-16(15)18)23-12-9-14(10-13-23)19-22-21-17-8-2-1-5-11-24(17)19/h14-16,18H,1-13H2. The third kappa shape index (κ3) is 2.80. The van der Waals surface area contributed by atoms with Crippen molar-refractivity contribution >= 4 is 5.91 Å². The molecule has 5 nitrogen and oxygen atoms in total. The van der Waals surface area contributed by atoms with Gasteiger partial charge in [0.1, 0.15) is 11.6 Å². The van der Waals surface area contributed by atoms with Gasteiger partial charge in [0.25, 0.3) is 0 Å². The van der Waals surface area contributed by atoms with Gasteiger partial charge in [0.2, 0.25) is 5.91 Å². The number of rotatable bonds is 2. The fourth-order valence-electron chi connectivity index (χ4n) is 5.74. The molecule has 0 bridgehead atoms. The van der Waals surface area contributed by atoms with Crippen molar-refractivity contribution in [1.82, 2.24) is 19.7 Å². The summed E-state index contributed by atoms with van der Waals surface area (Å²) in [7, 11) is 0. The minimum atomic E-state index is 0.378. The molecule has 0 spiro atoms. The lowest BCUT2D eigenvalue weighted by molar-refractivity contribution is -0.134. The normalized spacial score (nSPS) is 32.6. The molecule has 5 rings (SSSR count). The molecule has 0 aromatic carbocycles. The van der Waals surface area contributed by atoms with Gasteiger partial charge < -0.3 is 9.47 Å². The zero-order chi connectivity index (χ0) is 16.8. The second-order valence-electron chi connectivity index (χ2n) is 8.67. The van der Waals surface area contributed by atoms with Gasteiger partial charge in [-0.3, -0.25) is 4.79 Å². The minimum Gasteiger partial charge on any atom is -0.342 e. The molecule has 1 saturated heterocycles. The van der Waals surface area contributed by atoms with Crippen molar-refractivity contribution in [1.29, 1.82) is 0 Å². The Labute approximate surface area is 150 Å². The van der Waals surface area contributed by atoms with Crippen molar-refractivity contribution in [3.63, 3.8) is 0 Å². The second kappa shape index (κ2) is 6.40. The summed E-state index contributed by atoms with van der Waals surface area (Å²) < 4.78 is 2.39. The summed E-state index contributed by atoms with van der Waals surface area (Å²) in [6.07, 6.45) is 12.3. The van der Waals surface area contributed by atoms with Crippen LogP contribution < -0.4 is 0 Å². The number of nitrogens with zero attached hydrogens (tertiary/aromatic N) is 4. The predicted octanol–water partition coefficient (Wildman–Crippen LogP) is 3.15. The van der Waals surface area contributed by atoms with Crippen molar-refractivity contribution in [2.45, 2.75) is 76.7 Å². The quantitative estimate of drug-likeness (QED) is 0.829. The zero-order valence-corrected chi connectivity index (χ0v) is 15.2. The highest BCUT2D eigenvalue weighted by molar-refractivity contribution is 5.82. The lowest BCUT2D eigenvalue weighted by atomic mass is 9.95. The maximum Gasteiger partial charge on any atom is 0.226 e. The Morgan fingerprint density at radius 2 is 1.60 bits per heavy atom. The van der Waals surface area contributed by atoms with Crippen LogP contribution in [0, 0.1) is 17.8 Å². The van der Waals surface area contributed by atoms with Crippen LogP contribution in [-0.2, 0) is 17.8 Å². The predicted molar refractivity (Wildman–Crippen MR) is 95.1 cm³/mol. The monoisotopic (exact) mass is 342 g/mol. The molecule has 4 aliphatic rings. The SMILES string of the molecule is O=C(C1C2CCCCC21)N1CCC(c2nnc3n2CCCCC3)CC1. The number of amides is 1. The van der Waals surface area contributed by atoms with Crippen LogP contribution in [0.5, 0.6) is 0 Å². The van der Waals surface area contributed by atoms with Gasteiger partial charge in [-0.15, -0.1) is 10.2 Å². The van der Waals surface area contributed by atoms with E-state index in [0.717, 1.165) is 50.7 Å². The first-order valence-electron chi connectivity index (χ1n) is 10.5. The molecule has 5 heteroatoms. The van der Waals surface area contributed by atoms with Crippen LogP contribution in [0.2, 0.25) is 0 Å². The number of aryl methyl sites for hydroxylation is 1. The van der Waals surface area contributed by atoms with E-state index < -0.39 is 0 Å². The molecular formula is C20H30N4O. The van der Waals surface area contributed by atoms with Gasteiger partial charge in [-0.1, -0.05) is 19.3 Å². The molecule has 1 aromatic rings. The molecule has 2 aliphatic heterocycles. The smallest absolute Gasteiger partial charge is 0.226 e. The topological polar surface area (TPSA) is 51.0 Å². The first kappa shape index (κ1) is 15.8. The highest BCUT2D eigenvalue weighted by Crippen LogP contribution is 2.56. The van der Waals surface area contributed by atoms with E-state index in [9.17, 15) is 4.79 Å². The number of likely N-dealkylation sites (tertiary alicyclic amines) is 1. The molecule has 25 heavy (non-hydrogen) atoms. The highest BCUT2D eigenvalue weighted by Gasteiger charge is 2.55. The number of carbonyl (C=O) groups excluding carboxylic acids is 1. The van der Waals surface area contributed by atoms with E-state index in [1.165, 1.54) is 56.6 Å². The van der Waals surface area contributed by atoms with Gasteiger partial charge in [-0.25, -0.2) is 0 Å². The number of carbonyl (C=O) groups is 1. The maximum absolute atomic E-state index is 12.9. The van der Waals surface area contributed by atoms with Crippen LogP contribution in [0.25, 0.3) is 0 Å². The van der Waals surface area contributed by atoms with E-state index in [4.69, 9.17) is 0 Å². The fraction of sp³-hybridized carbons (Fsp3) is 0.850. The first-order valence-corrected chi connectivity index (χ1v) is 10.5. The number of aromatic nitrogens is 3. The van der Waals surface area contributed by atoms with Gasteiger partial charge >= 0.3 is 0 Å². The van der Waals surface area contributed by atoms with Gasteiger partial charge in [-0.05, 0) is 50.4 Å². The van der Waals surface area contributed by atoms with E-state index in [2.05, 4.69) is 19.7 Å². The molecule has 1 aromatic heterocycles. The van der Waals surface area contributed by atoms with Crippen molar-refractivity contribution in [3.8, 4) is 0 Å². The van der Waals surface area contributed by atoms with E-state index in [0.29, 0.717) is 17.7 Å². The van der Waals surface area contributed by atoms with Crippen LogP contribution in [0.1, 0.15) is 75.4 Å². The third-order valence-corrected chi connectivity index (χ3v) is 7.25. The van der Waals surface area contributed by atoms with Crippen LogP contribution in [0.4, 0.5) is 0 Å². The second-order valence-corrected chi connectivity index (χ2v) is 8.67. The summed E-state index contributed by atoms with van der Waals surface area (Å²) in [6.45, 7) is 2.92. The molecule has 0 radical (unpaired) electrons. The average Bonchev–Trinajstić information content (AvgIpc) is 3.33. The van der Waals surface area contributed by atoms with E-state index in [1.807, 2.05) is 0 Å². The molecule has 2 aliphatic carbocycles. The average molecular weight is 342 g/mol. The van der Waals surface area contributed by atoms with E-state index in [-0.39, 0.29) is 0 Å². The Balaban J connectivity index is 1.22. The van der Waals surface area contributed by atoms with Gasteiger partial charge in [0.05, 0.1) is 0 Å². The molecule has 3 fully saturated rings. The maximum atomic E-state index is 12.9. The summed E-state index contributed by atoms with van der Waals surface area (Å²) in [5.41, 5.74) is 0. The lowest BCUT2D eigenvalue weighted by Gasteiger charge is -2.32. The molecular weight excluding hydrogens is 312 g/mol. The van der Waals surface area contributed by atoms with Crippen LogP contribution >= 0.6 is 0 Å². The summed E-state index contributed by atoms with van der Waals surface area (Å²) in [5, 5.41) is 9.01. The molecule has 0 N–H and O–H groups in total. The zero-order valence-electron chi connectivity index (χ0n) is 15.2. The van der Waals surface area contributed by atoms with Crippen molar-refractivity contribution in [3.05, 3.63) is 11.6 Å². The molecule has 2 unspecified atom stereocenters. The lowest BCUT2D eigenvalue weighted by Crippen LogP contribution is -2.39. The Hall–Kier alpha value is -1.39. The Bertz CT molecular complexity index is 634. The van der Waals surface area contributed by atoms with E-state index >= 15 is 0 Å². The largest absolute Gasteiger partial charge is 0.342 e. The van der Waals surface area contributed by atoms with E-state index in [1.54, 1.807) is 0 Å². The van der Waals surface area contributed by atoms with Crippen molar-refractivity contribution < 1.29 is 4.79 Å². The number of fused-ring (bicyclic) bond motifs is 2. The number of piperidine rings is 1. The van der Waals surface area contributed by atoms with Gasteiger partial charge in [0, 0.05) is 37.9 Å². The summed E-state index contributed by atoms with van der Waals surface area (Å²) in [6, 6.07) is 0. The highest BCUT2D eigenvalue weighted by atomic mass is 16.2. The van der Waals surface area contributed by atoms with Crippen molar-refractivity contribution in [2.24, 2.45) is 17.8 Å². The number of hydrogen-bond donors (Lipinski definition) is 0. The van der Waals surface area contributed by atoms with Crippen LogP contribution in [0.15, 0.2) is 0 Å². The Morgan fingerprint density at radius 3 is 2.36 bits per heavy atom. The molecule has 2 atom stereocenters. The fourth-order valence-corrected chi connectivity index (χ4v) is 5.74. The number of hydrogen-bond acceptors (Lipinski definition) is 3. The van der Waals surface area contributed by atoms with Crippen molar-refractivity contribution in [2.75, 3.05) is 13.1 Å². The molecule has 136 valence electrons. The Kier molecular flexibility index (Phi) is 4.05. The summed E-state index contributed by atoms with van der Waals surface area (Å²) in [4.78, 5) is 15.1. The summed E-state index contributed by atoms with van der Waals surface area (Å²) in [5.74, 6) is 5.18. The summed E-state index contributed by atoms with van der Waals surface area (Å²) >= 11 is 0. The van der Waals surface area contributed by atoms with Gasteiger partial charge in [0.15, 0.2) is 0 Å². The minimum absolute atomic E-state index is 0.378. The molecule has 1 amide bonds. The molecule has 3 heterocycles. The Morgan fingerprint density at radius 1 is 0.840 bits per heavy atom. The first-order chi connectivity index (χ1) is 12.3.